The molecular formula is C25H30N4O3. The van der Waals surface area contributed by atoms with Crippen LogP contribution in [-0.4, -0.2) is 47.4 Å². The van der Waals surface area contributed by atoms with Crippen molar-refractivity contribution in [3.8, 4) is 0 Å². The van der Waals surface area contributed by atoms with Crippen molar-refractivity contribution in [1.82, 2.24) is 10.2 Å². The number of amides is 3. The van der Waals surface area contributed by atoms with Gasteiger partial charge in [-0.05, 0) is 43.5 Å². The number of nitrogens with zero attached hydrogens (tertiary/aromatic N) is 2. The molecule has 0 aromatic heterocycles. The number of rotatable bonds is 7. The molecule has 0 aliphatic carbocycles. The van der Waals surface area contributed by atoms with Gasteiger partial charge in [-0.15, -0.1) is 0 Å². The van der Waals surface area contributed by atoms with Crippen molar-refractivity contribution >= 4 is 29.1 Å². The molecule has 0 bridgehead atoms. The van der Waals surface area contributed by atoms with Gasteiger partial charge in [0, 0.05) is 24.7 Å². The molecule has 2 heterocycles. The SMILES string of the molecule is CC(C)C(CNC(=O)CN1C(=O)c2ccccc2N2C(=O)CCC12C)Nc1ccccc1. The first-order chi connectivity index (χ1) is 15.3. The van der Waals surface area contributed by atoms with Gasteiger partial charge in [0.05, 0.1) is 11.3 Å². The van der Waals surface area contributed by atoms with Gasteiger partial charge in [0.15, 0.2) is 0 Å². The summed E-state index contributed by atoms with van der Waals surface area (Å²) < 4.78 is 0. The van der Waals surface area contributed by atoms with Crippen LogP contribution < -0.4 is 15.5 Å². The van der Waals surface area contributed by atoms with Gasteiger partial charge in [0.25, 0.3) is 5.91 Å². The number of benzene rings is 2. The molecule has 2 aliphatic heterocycles. The lowest BCUT2D eigenvalue weighted by Gasteiger charge is -2.48. The maximum absolute atomic E-state index is 13.3. The molecule has 0 radical (unpaired) electrons. The van der Waals surface area contributed by atoms with Gasteiger partial charge in [0.1, 0.15) is 12.2 Å². The fraction of sp³-hybridized carbons (Fsp3) is 0.400. The summed E-state index contributed by atoms with van der Waals surface area (Å²) in [6.45, 7) is 6.40. The molecule has 32 heavy (non-hydrogen) atoms. The van der Waals surface area contributed by atoms with E-state index < -0.39 is 5.66 Å². The van der Waals surface area contributed by atoms with Crippen molar-refractivity contribution < 1.29 is 14.4 Å². The van der Waals surface area contributed by atoms with Crippen molar-refractivity contribution in [2.75, 3.05) is 23.3 Å². The smallest absolute Gasteiger partial charge is 0.258 e. The Kier molecular flexibility index (Phi) is 5.91. The van der Waals surface area contributed by atoms with Crippen LogP contribution in [0, 0.1) is 5.92 Å². The van der Waals surface area contributed by atoms with Gasteiger partial charge in [0.2, 0.25) is 11.8 Å². The van der Waals surface area contributed by atoms with Crippen LogP contribution >= 0.6 is 0 Å². The number of anilines is 2. The minimum atomic E-state index is -0.834. The maximum atomic E-state index is 13.3. The minimum Gasteiger partial charge on any atom is -0.380 e. The van der Waals surface area contributed by atoms with E-state index in [0.29, 0.717) is 36.6 Å². The molecular weight excluding hydrogens is 404 g/mol. The normalized spacial score (nSPS) is 20.8. The van der Waals surface area contributed by atoms with E-state index in [2.05, 4.69) is 24.5 Å². The molecule has 2 aromatic carbocycles. The van der Waals surface area contributed by atoms with Crippen LogP contribution in [0.5, 0.6) is 0 Å². The molecule has 2 unspecified atom stereocenters. The molecule has 2 N–H and O–H groups in total. The largest absolute Gasteiger partial charge is 0.380 e. The van der Waals surface area contributed by atoms with Crippen LogP contribution in [0.2, 0.25) is 0 Å². The maximum Gasteiger partial charge on any atom is 0.258 e. The number of hydrogen-bond acceptors (Lipinski definition) is 4. The first-order valence-electron chi connectivity index (χ1n) is 11.1. The molecule has 7 heteroatoms. The Bertz CT molecular complexity index is 1020. The molecule has 2 aromatic rings. The van der Waals surface area contributed by atoms with E-state index in [1.54, 1.807) is 28.0 Å². The molecule has 7 nitrogen and oxygen atoms in total. The van der Waals surface area contributed by atoms with Crippen molar-refractivity contribution in [3.63, 3.8) is 0 Å². The zero-order valence-electron chi connectivity index (χ0n) is 18.8. The summed E-state index contributed by atoms with van der Waals surface area (Å²) in [7, 11) is 0. The molecule has 4 rings (SSSR count). The molecule has 1 fully saturated rings. The predicted octanol–water partition coefficient (Wildman–Crippen LogP) is 3.24. The molecule has 2 aliphatic rings. The highest BCUT2D eigenvalue weighted by Gasteiger charge is 2.53. The second kappa shape index (κ2) is 8.65. The lowest BCUT2D eigenvalue weighted by molar-refractivity contribution is -0.124. The third kappa shape index (κ3) is 3.95. The summed E-state index contributed by atoms with van der Waals surface area (Å²) in [5.74, 6) is -0.185. The lowest BCUT2D eigenvalue weighted by Crippen LogP contribution is -2.64. The van der Waals surface area contributed by atoms with E-state index in [4.69, 9.17) is 0 Å². The summed E-state index contributed by atoms with van der Waals surface area (Å²) in [5, 5.41) is 6.45. The summed E-state index contributed by atoms with van der Waals surface area (Å²) in [4.78, 5) is 42.1. The highest BCUT2D eigenvalue weighted by atomic mass is 16.2. The first-order valence-corrected chi connectivity index (χ1v) is 11.1. The average Bonchev–Trinajstić information content (AvgIpc) is 3.10. The van der Waals surface area contributed by atoms with Crippen molar-refractivity contribution in [2.45, 2.75) is 45.3 Å². The Morgan fingerprint density at radius 1 is 1.06 bits per heavy atom. The summed E-state index contributed by atoms with van der Waals surface area (Å²) in [6.07, 6.45) is 0.857. The predicted molar refractivity (Wildman–Crippen MR) is 124 cm³/mol. The van der Waals surface area contributed by atoms with Gasteiger partial charge in [-0.2, -0.15) is 0 Å². The van der Waals surface area contributed by atoms with Gasteiger partial charge in [-0.1, -0.05) is 44.2 Å². The molecule has 3 amide bonds. The highest BCUT2D eigenvalue weighted by Crippen LogP contribution is 2.43. The average molecular weight is 435 g/mol. The van der Waals surface area contributed by atoms with E-state index in [1.807, 2.05) is 43.3 Å². The fourth-order valence-electron chi connectivity index (χ4n) is 4.57. The number of carbonyl (C=O) groups excluding carboxylic acids is 3. The van der Waals surface area contributed by atoms with Crippen molar-refractivity contribution in [3.05, 3.63) is 60.2 Å². The molecule has 0 saturated carbocycles. The van der Waals surface area contributed by atoms with Crippen LogP contribution in [-0.2, 0) is 9.59 Å². The molecule has 168 valence electrons. The van der Waals surface area contributed by atoms with E-state index in [-0.39, 0.29) is 30.3 Å². The number of carbonyl (C=O) groups is 3. The number of nitrogens with one attached hydrogen (secondary N) is 2. The zero-order valence-corrected chi connectivity index (χ0v) is 18.8. The van der Waals surface area contributed by atoms with E-state index in [1.165, 1.54) is 0 Å². The van der Waals surface area contributed by atoms with E-state index in [0.717, 1.165) is 5.69 Å². The van der Waals surface area contributed by atoms with Crippen LogP contribution in [0.3, 0.4) is 0 Å². The third-order valence-corrected chi connectivity index (χ3v) is 6.50. The molecule has 2 atom stereocenters. The van der Waals surface area contributed by atoms with Gasteiger partial charge in [-0.3, -0.25) is 19.3 Å². The Balaban J connectivity index is 1.47. The quantitative estimate of drug-likeness (QED) is 0.701. The van der Waals surface area contributed by atoms with Gasteiger partial charge < -0.3 is 15.5 Å². The fourth-order valence-corrected chi connectivity index (χ4v) is 4.57. The van der Waals surface area contributed by atoms with Crippen LogP contribution in [0.4, 0.5) is 11.4 Å². The lowest BCUT2D eigenvalue weighted by atomic mass is 9.98. The topological polar surface area (TPSA) is 81.8 Å². The first kappa shape index (κ1) is 21.9. The van der Waals surface area contributed by atoms with Gasteiger partial charge in [-0.25, -0.2) is 0 Å². The third-order valence-electron chi connectivity index (χ3n) is 6.50. The Morgan fingerprint density at radius 2 is 1.75 bits per heavy atom. The number of fused-ring (bicyclic) bond motifs is 3. The van der Waals surface area contributed by atoms with Gasteiger partial charge >= 0.3 is 0 Å². The van der Waals surface area contributed by atoms with Crippen molar-refractivity contribution in [2.24, 2.45) is 5.92 Å². The minimum absolute atomic E-state index is 0.0233. The Morgan fingerprint density at radius 3 is 2.47 bits per heavy atom. The zero-order chi connectivity index (χ0) is 22.9. The molecule has 0 spiro atoms. The van der Waals surface area contributed by atoms with Crippen molar-refractivity contribution in [1.29, 1.82) is 0 Å². The Labute approximate surface area is 188 Å². The summed E-state index contributed by atoms with van der Waals surface area (Å²) in [6, 6.07) is 17.0. The number of para-hydroxylation sites is 2. The monoisotopic (exact) mass is 434 g/mol. The van der Waals surface area contributed by atoms with E-state index in [9.17, 15) is 14.4 Å². The second-order valence-electron chi connectivity index (χ2n) is 9.02. The molecule has 1 saturated heterocycles. The highest BCUT2D eigenvalue weighted by molar-refractivity contribution is 6.11. The standard InChI is InChI=1S/C25H30N4O3/c1-17(2)20(27-18-9-5-4-6-10-18)15-26-22(30)16-28-24(32)19-11-7-8-12-21(19)29-23(31)13-14-25(28,29)3/h4-12,17,20,27H,13-16H2,1-3H3,(H,26,30). The summed E-state index contributed by atoms with van der Waals surface area (Å²) >= 11 is 0. The van der Waals surface area contributed by atoms with Crippen LogP contribution in [0.15, 0.2) is 54.6 Å². The van der Waals surface area contributed by atoms with Crippen LogP contribution in [0.1, 0.15) is 44.0 Å². The van der Waals surface area contributed by atoms with E-state index >= 15 is 0 Å². The second-order valence-corrected chi connectivity index (χ2v) is 9.02. The van der Waals surface area contributed by atoms with Crippen LogP contribution in [0.25, 0.3) is 0 Å². The summed E-state index contributed by atoms with van der Waals surface area (Å²) in [5.41, 5.74) is 1.25. The Hall–Kier alpha value is -3.35. The number of hydrogen-bond donors (Lipinski definition) is 2.